The van der Waals surface area contributed by atoms with Crippen molar-refractivity contribution >= 4 is 18.3 Å². The highest BCUT2D eigenvalue weighted by Gasteiger charge is 2.57. The summed E-state index contributed by atoms with van der Waals surface area (Å²) >= 11 is 0. The van der Waals surface area contributed by atoms with Crippen molar-refractivity contribution in [3.63, 3.8) is 0 Å². The van der Waals surface area contributed by atoms with Crippen LogP contribution in [0.2, 0.25) is 0 Å². The summed E-state index contributed by atoms with van der Waals surface area (Å²) in [6, 6.07) is 0.459. The molecule has 0 aromatic carbocycles. The van der Waals surface area contributed by atoms with Crippen molar-refractivity contribution in [2.75, 3.05) is 13.1 Å². The molecule has 3 nitrogen and oxygen atoms in total. The van der Waals surface area contributed by atoms with Gasteiger partial charge in [0.05, 0.1) is 0 Å². The largest absolute Gasteiger partial charge is 0.353 e. The first kappa shape index (κ1) is 15.1. The Bertz CT molecular complexity index is 328. The Morgan fingerprint density at radius 1 is 1.26 bits per heavy atom. The lowest BCUT2D eigenvalue weighted by molar-refractivity contribution is -0.124. The molecule has 0 bridgehead atoms. The summed E-state index contributed by atoms with van der Waals surface area (Å²) in [7, 11) is 0. The third kappa shape index (κ3) is 3.25. The number of piperidine rings is 1. The van der Waals surface area contributed by atoms with Crippen molar-refractivity contribution in [1.82, 2.24) is 10.6 Å². The molecule has 0 radical (unpaired) electrons. The van der Waals surface area contributed by atoms with E-state index in [0.29, 0.717) is 23.3 Å². The molecular weight excluding hydrogens is 260 g/mol. The van der Waals surface area contributed by atoms with Gasteiger partial charge in [-0.1, -0.05) is 19.8 Å². The third-order valence-electron chi connectivity index (χ3n) is 5.39. The van der Waals surface area contributed by atoms with E-state index in [4.69, 9.17) is 0 Å². The zero-order valence-electron chi connectivity index (χ0n) is 11.9. The Hall–Kier alpha value is -0.280. The molecule has 2 aliphatic carbocycles. The van der Waals surface area contributed by atoms with Crippen LogP contribution >= 0.6 is 12.4 Å². The molecule has 2 saturated carbocycles. The van der Waals surface area contributed by atoms with Gasteiger partial charge >= 0.3 is 0 Å². The molecule has 0 aromatic rings. The summed E-state index contributed by atoms with van der Waals surface area (Å²) in [6.45, 7) is 4.51. The normalized spacial score (nSPS) is 36.4. The van der Waals surface area contributed by atoms with Crippen molar-refractivity contribution in [3.05, 3.63) is 0 Å². The van der Waals surface area contributed by atoms with E-state index in [2.05, 4.69) is 17.6 Å². The molecule has 19 heavy (non-hydrogen) atoms. The molecule has 3 unspecified atom stereocenters. The molecule has 1 saturated heterocycles. The van der Waals surface area contributed by atoms with Crippen LogP contribution in [0.1, 0.15) is 51.9 Å². The molecule has 1 aliphatic heterocycles. The van der Waals surface area contributed by atoms with Crippen LogP contribution in [0.4, 0.5) is 0 Å². The minimum atomic E-state index is 0. The summed E-state index contributed by atoms with van der Waals surface area (Å²) < 4.78 is 0. The number of halogens is 1. The van der Waals surface area contributed by atoms with Gasteiger partial charge in [-0.15, -0.1) is 12.4 Å². The maximum absolute atomic E-state index is 12.3. The second-order valence-corrected chi connectivity index (χ2v) is 6.85. The number of amides is 1. The van der Waals surface area contributed by atoms with E-state index in [9.17, 15) is 4.79 Å². The molecule has 110 valence electrons. The van der Waals surface area contributed by atoms with Crippen LogP contribution in [0.25, 0.3) is 0 Å². The standard InChI is InChI=1S/C15H26N2O.ClH/c1-11-3-2-4-12(9-11)17-14(18)13-10-15(13)5-7-16-8-6-15;/h11-13,16H,2-10H2,1H3,(H,17,18);1H. The molecule has 2 N–H and O–H groups in total. The van der Waals surface area contributed by atoms with Gasteiger partial charge in [0.25, 0.3) is 0 Å². The van der Waals surface area contributed by atoms with E-state index in [1.54, 1.807) is 0 Å². The first-order chi connectivity index (χ1) is 8.70. The zero-order valence-corrected chi connectivity index (χ0v) is 12.7. The molecule has 1 spiro atoms. The average Bonchev–Trinajstić information content (AvgIpc) is 3.04. The van der Waals surface area contributed by atoms with Gasteiger partial charge in [-0.05, 0) is 56.5 Å². The van der Waals surface area contributed by atoms with Crippen LogP contribution < -0.4 is 10.6 Å². The van der Waals surface area contributed by atoms with Crippen LogP contribution in [-0.2, 0) is 4.79 Å². The monoisotopic (exact) mass is 286 g/mol. The SMILES string of the molecule is CC1CCCC(NC(=O)C2CC23CCNCC3)C1.Cl. The second kappa shape index (κ2) is 6.01. The van der Waals surface area contributed by atoms with Gasteiger partial charge < -0.3 is 10.6 Å². The van der Waals surface area contributed by atoms with E-state index in [0.717, 1.165) is 25.4 Å². The zero-order chi connectivity index (χ0) is 12.6. The Morgan fingerprint density at radius 2 is 2.00 bits per heavy atom. The molecular formula is C15H27ClN2O. The summed E-state index contributed by atoms with van der Waals surface area (Å²) in [6.07, 6.45) is 8.54. The number of carbonyl (C=O) groups is 1. The van der Waals surface area contributed by atoms with Crippen molar-refractivity contribution in [2.24, 2.45) is 17.3 Å². The Morgan fingerprint density at radius 3 is 2.68 bits per heavy atom. The lowest BCUT2D eigenvalue weighted by Crippen LogP contribution is -2.40. The summed E-state index contributed by atoms with van der Waals surface area (Å²) in [5, 5.41) is 6.72. The van der Waals surface area contributed by atoms with E-state index in [1.807, 2.05) is 0 Å². The van der Waals surface area contributed by atoms with Crippen LogP contribution in [0.15, 0.2) is 0 Å². The summed E-state index contributed by atoms with van der Waals surface area (Å²) in [5.74, 6) is 1.48. The topological polar surface area (TPSA) is 41.1 Å². The smallest absolute Gasteiger partial charge is 0.223 e. The van der Waals surface area contributed by atoms with E-state index < -0.39 is 0 Å². The Kier molecular flexibility index (Phi) is 4.78. The Labute approximate surface area is 122 Å². The number of carbonyl (C=O) groups excluding carboxylic acids is 1. The minimum Gasteiger partial charge on any atom is -0.353 e. The minimum absolute atomic E-state index is 0. The lowest BCUT2D eigenvalue weighted by atomic mass is 9.86. The summed E-state index contributed by atoms with van der Waals surface area (Å²) in [4.78, 5) is 12.3. The highest BCUT2D eigenvalue weighted by Crippen LogP contribution is 2.58. The molecule has 4 heteroatoms. The third-order valence-corrected chi connectivity index (χ3v) is 5.39. The Balaban J connectivity index is 0.00000133. The molecule has 0 aromatic heterocycles. The van der Waals surface area contributed by atoms with E-state index >= 15 is 0 Å². The lowest BCUT2D eigenvalue weighted by Gasteiger charge is -2.28. The fourth-order valence-corrected chi connectivity index (χ4v) is 4.06. The van der Waals surface area contributed by atoms with Gasteiger partial charge in [-0.25, -0.2) is 0 Å². The number of nitrogens with one attached hydrogen (secondary N) is 2. The van der Waals surface area contributed by atoms with Crippen LogP contribution in [0, 0.1) is 17.3 Å². The summed E-state index contributed by atoms with van der Waals surface area (Å²) in [5.41, 5.74) is 0.385. The van der Waals surface area contributed by atoms with Crippen LogP contribution in [0.3, 0.4) is 0 Å². The van der Waals surface area contributed by atoms with Crippen LogP contribution in [-0.4, -0.2) is 25.0 Å². The number of hydrogen-bond acceptors (Lipinski definition) is 2. The van der Waals surface area contributed by atoms with Gasteiger partial charge in [0.1, 0.15) is 0 Å². The van der Waals surface area contributed by atoms with Gasteiger partial charge in [0.15, 0.2) is 0 Å². The fourth-order valence-electron chi connectivity index (χ4n) is 4.06. The average molecular weight is 287 g/mol. The molecule has 3 fully saturated rings. The van der Waals surface area contributed by atoms with Crippen LogP contribution in [0.5, 0.6) is 0 Å². The van der Waals surface area contributed by atoms with Crippen molar-refractivity contribution < 1.29 is 4.79 Å². The highest BCUT2D eigenvalue weighted by molar-refractivity contribution is 5.85. The van der Waals surface area contributed by atoms with Gasteiger partial charge in [0, 0.05) is 12.0 Å². The van der Waals surface area contributed by atoms with Crippen molar-refractivity contribution in [1.29, 1.82) is 0 Å². The van der Waals surface area contributed by atoms with Crippen molar-refractivity contribution in [2.45, 2.75) is 57.9 Å². The van der Waals surface area contributed by atoms with Crippen molar-refractivity contribution in [3.8, 4) is 0 Å². The molecule has 1 amide bonds. The second-order valence-electron chi connectivity index (χ2n) is 6.85. The first-order valence-corrected chi connectivity index (χ1v) is 7.71. The molecule has 3 rings (SSSR count). The fraction of sp³-hybridized carbons (Fsp3) is 0.933. The van der Waals surface area contributed by atoms with Gasteiger partial charge in [0.2, 0.25) is 5.91 Å². The maximum Gasteiger partial charge on any atom is 0.223 e. The predicted molar refractivity (Wildman–Crippen MR) is 79.5 cm³/mol. The molecule has 3 atom stereocenters. The number of hydrogen-bond donors (Lipinski definition) is 2. The highest BCUT2D eigenvalue weighted by atomic mass is 35.5. The van der Waals surface area contributed by atoms with Gasteiger partial charge in [-0.3, -0.25) is 4.79 Å². The molecule has 1 heterocycles. The predicted octanol–water partition coefficient (Wildman–Crippen LogP) is 2.49. The van der Waals surface area contributed by atoms with E-state index in [1.165, 1.54) is 38.5 Å². The van der Waals surface area contributed by atoms with Gasteiger partial charge in [-0.2, -0.15) is 0 Å². The first-order valence-electron chi connectivity index (χ1n) is 7.71. The van der Waals surface area contributed by atoms with E-state index in [-0.39, 0.29) is 12.4 Å². The quantitative estimate of drug-likeness (QED) is 0.819. The molecule has 3 aliphatic rings. The number of rotatable bonds is 2. The maximum atomic E-state index is 12.3.